The number of nitriles is 1. The smallest absolute Gasteiger partial charge is 0.348 e. The average Bonchev–Trinajstić information content (AvgIpc) is 2.35. The van der Waals surface area contributed by atoms with E-state index in [4.69, 9.17) is 19.6 Å². The lowest BCUT2D eigenvalue weighted by molar-refractivity contribution is -0.153. The van der Waals surface area contributed by atoms with E-state index in [2.05, 4.69) is 11.1 Å². The molecule has 1 N–H and O–H groups in total. The number of carbonyl (C=O) groups is 1. The van der Waals surface area contributed by atoms with Gasteiger partial charge in [0.05, 0.1) is 18.8 Å². The van der Waals surface area contributed by atoms with Crippen LogP contribution in [0.15, 0.2) is 12.2 Å². The first-order chi connectivity index (χ1) is 9.99. The van der Waals surface area contributed by atoms with Crippen molar-refractivity contribution in [3.63, 3.8) is 0 Å². The van der Waals surface area contributed by atoms with Crippen molar-refractivity contribution in [1.29, 1.82) is 5.26 Å². The Morgan fingerprint density at radius 2 is 1.77 bits per heavy atom. The third-order valence-electron chi connectivity index (χ3n) is 2.88. The van der Waals surface area contributed by atoms with Crippen LogP contribution in [-0.2, 0) is 23.4 Å². The number of carbonyl (C=O) groups excluding carboxylic acids is 1. The van der Waals surface area contributed by atoms with Gasteiger partial charge in [-0.25, -0.2) is 4.79 Å². The highest BCUT2D eigenvalue weighted by molar-refractivity contribution is 7.32. The van der Waals surface area contributed by atoms with E-state index >= 15 is 0 Å². The molecule has 0 fully saturated rings. The van der Waals surface area contributed by atoms with Gasteiger partial charge in [-0.2, -0.15) is 5.26 Å². The summed E-state index contributed by atoms with van der Waals surface area (Å²) in [4.78, 5) is 20.1. The number of nitrogens with zero attached hydrogens (tertiary/aromatic N) is 1. The Balaban J connectivity index is 4.20. The van der Waals surface area contributed by atoms with Gasteiger partial charge in [-0.1, -0.05) is 6.58 Å². The number of rotatable bonds is 10. The molecule has 0 radical (unpaired) electrons. The van der Waals surface area contributed by atoms with E-state index in [-0.39, 0.29) is 12.2 Å². The van der Waals surface area contributed by atoms with Crippen LogP contribution in [0, 0.1) is 11.3 Å². The minimum absolute atomic E-state index is 0.127. The van der Waals surface area contributed by atoms with Crippen molar-refractivity contribution < 1.29 is 28.3 Å². The van der Waals surface area contributed by atoms with Gasteiger partial charge in [0.25, 0.3) is 0 Å². The van der Waals surface area contributed by atoms with Crippen LogP contribution in [0.2, 0.25) is 0 Å². The normalized spacial score (nSPS) is 13.3. The third-order valence-corrected chi connectivity index (χ3v) is 3.33. The van der Waals surface area contributed by atoms with Crippen molar-refractivity contribution in [1.82, 2.24) is 0 Å². The molecule has 0 aromatic heterocycles. The molecule has 0 saturated carbocycles. The number of esters is 1. The predicted octanol–water partition coefficient (Wildman–Crippen LogP) is 2.36. The fourth-order valence-corrected chi connectivity index (χ4v) is 1.72. The van der Waals surface area contributed by atoms with Crippen LogP contribution >= 0.6 is 8.25 Å². The molecule has 0 heterocycles. The second kappa shape index (κ2) is 9.06. The van der Waals surface area contributed by atoms with Crippen LogP contribution in [0.1, 0.15) is 40.5 Å². The van der Waals surface area contributed by atoms with Gasteiger partial charge in [-0.15, -0.1) is 0 Å². The third kappa shape index (κ3) is 9.69. The Hall–Kier alpha value is -1.19. The Bertz CT molecular complexity index is 466. The molecule has 0 spiro atoms. The van der Waals surface area contributed by atoms with Crippen LogP contribution in [0.3, 0.4) is 0 Å². The van der Waals surface area contributed by atoms with Crippen LogP contribution in [-0.4, -0.2) is 35.3 Å². The zero-order valence-corrected chi connectivity index (χ0v) is 14.5. The largest absolute Gasteiger partial charge is 0.455 e. The maximum atomic E-state index is 11.5. The highest BCUT2D eigenvalue weighted by Crippen LogP contribution is 2.22. The minimum atomic E-state index is -2.92. The Labute approximate surface area is 131 Å². The Morgan fingerprint density at radius 3 is 2.27 bits per heavy atom. The number of ether oxygens (including phenoxy) is 2. The minimum Gasteiger partial charge on any atom is -0.455 e. The lowest BCUT2D eigenvalue weighted by Gasteiger charge is -2.29. The molecule has 22 heavy (non-hydrogen) atoms. The predicted molar refractivity (Wildman–Crippen MR) is 81.4 cm³/mol. The van der Waals surface area contributed by atoms with Crippen LogP contribution in [0.25, 0.3) is 0 Å². The number of hydrogen-bond acceptors (Lipinski definition) is 6. The fourth-order valence-electron chi connectivity index (χ4n) is 1.44. The quantitative estimate of drug-likeness (QED) is 0.283. The first-order valence-electron chi connectivity index (χ1n) is 6.81. The molecule has 0 aliphatic rings. The van der Waals surface area contributed by atoms with Crippen molar-refractivity contribution in [2.45, 2.75) is 51.7 Å². The van der Waals surface area contributed by atoms with E-state index in [1.54, 1.807) is 19.9 Å². The summed E-state index contributed by atoms with van der Waals surface area (Å²) >= 11 is 0. The second-order valence-electron chi connectivity index (χ2n) is 5.96. The molecule has 0 amide bonds. The highest BCUT2D eigenvalue weighted by Gasteiger charge is 2.26. The Kier molecular flexibility index (Phi) is 8.57. The van der Waals surface area contributed by atoms with Gasteiger partial charge in [-0.05, 0) is 34.1 Å². The Morgan fingerprint density at radius 1 is 1.23 bits per heavy atom. The summed E-state index contributed by atoms with van der Waals surface area (Å²) in [5.41, 5.74) is -1.57. The zero-order chi connectivity index (χ0) is 17.4. The first-order valence-corrected chi connectivity index (χ1v) is 8.07. The molecule has 0 aromatic rings. The van der Waals surface area contributed by atoms with Crippen molar-refractivity contribution in [3.05, 3.63) is 12.2 Å². The molecular formula is C14H24NO6P. The van der Waals surface area contributed by atoms with Crippen molar-refractivity contribution >= 4 is 14.2 Å². The fraction of sp³-hybridized carbons (Fsp3) is 0.714. The van der Waals surface area contributed by atoms with Crippen LogP contribution in [0.5, 0.6) is 0 Å². The van der Waals surface area contributed by atoms with Gasteiger partial charge in [0.15, 0.2) is 0 Å². The summed E-state index contributed by atoms with van der Waals surface area (Å²) in [5.74, 6) is -0.742. The van der Waals surface area contributed by atoms with Crippen molar-refractivity contribution in [2.75, 3.05) is 13.2 Å². The summed E-state index contributed by atoms with van der Waals surface area (Å²) in [5, 5.41) is 8.58. The van der Waals surface area contributed by atoms with Gasteiger partial charge in [0.1, 0.15) is 17.2 Å². The van der Waals surface area contributed by atoms with E-state index in [1.165, 1.54) is 0 Å². The molecule has 0 bridgehead atoms. The summed E-state index contributed by atoms with van der Waals surface area (Å²) in [6.07, 6.45) is 0.883. The molecule has 126 valence electrons. The SMILES string of the molecule is C=C(C#N)C(=O)OC(C)(C)CCOC(C)(C)CCO[PH](=O)O. The molecular weight excluding hydrogens is 309 g/mol. The van der Waals surface area contributed by atoms with E-state index in [0.717, 1.165) is 0 Å². The highest BCUT2D eigenvalue weighted by atomic mass is 31.1. The molecule has 8 heteroatoms. The molecule has 0 rings (SSSR count). The van der Waals surface area contributed by atoms with Crippen molar-refractivity contribution in [3.8, 4) is 6.07 Å². The molecule has 7 nitrogen and oxygen atoms in total. The topological polar surface area (TPSA) is 106 Å². The van der Waals surface area contributed by atoms with Gasteiger partial charge in [-0.3, -0.25) is 4.57 Å². The number of hydrogen-bond donors (Lipinski definition) is 1. The second-order valence-corrected chi connectivity index (χ2v) is 6.78. The summed E-state index contributed by atoms with van der Waals surface area (Å²) in [6.45, 7) is 10.8. The molecule has 0 saturated heterocycles. The maximum absolute atomic E-state index is 11.5. The maximum Gasteiger partial charge on any atom is 0.348 e. The monoisotopic (exact) mass is 333 g/mol. The van der Waals surface area contributed by atoms with E-state index in [1.807, 2.05) is 13.8 Å². The summed E-state index contributed by atoms with van der Waals surface area (Å²) in [6, 6.07) is 1.64. The zero-order valence-electron chi connectivity index (χ0n) is 13.5. The molecule has 0 aliphatic heterocycles. The van der Waals surface area contributed by atoms with Gasteiger partial charge in [0, 0.05) is 6.42 Å². The molecule has 1 unspecified atom stereocenters. The van der Waals surface area contributed by atoms with E-state index in [9.17, 15) is 9.36 Å². The standard InChI is InChI=1S/C14H24NO6P/c1-11(10-15)12(16)21-14(4,5)6-8-19-13(2,3)7-9-20-22(17)18/h22H,1,6-9H2,2-5H3,(H,17,18). The first kappa shape index (κ1) is 20.8. The summed E-state index contributed by atoms with van der Waals surface area (Å²) < 4.78 is 26.0. The van der Waals surface area contributed by atoms with Gasteiger partial charge >= 0.3 is 14.2 Å². The lowest BCUT2D eigenvalue weighted by Crippen LogP contribution is -2.33. The molecule has 0 aromatic carbocycles. The molecule has 1 atom stereocenters. The van der Waals surface area contributed by atoms with Crippen molar-refractivity contribution in [2.24, 2.45) is 0 Å². The van der Waals surface area contributed by atoms with E-state index in [0.29, 0.717) is 19.4 Å². The average molecular weight is 333 g/mol. The van der Waals surface area contributed by atoms with Gasteiger partial charge < -0.3 is 18.9 Å². The summed E-state index contributed by atoms with van der Waals surface area (Å²) in [7, 11) is -2.92. The van der Waals surface area contributed by atoms with Crippen LogP contribution < -0.4 is 0 Å². The lowest BCUT2D eigenvalue weighted by atomic mass is 10.0. The van der Waals surface area contributed by atoms with Gasteiger partial charge in [0.2, 0.25) is 0 Å². The van der Waals surface area contributed by atoms with E-state index < -0.39 is 25.4 Å². The van der Waals surface area contributed by atoms with Crippen LogP contribution in [0.4, 0.5) is 0 Å². The molecule has 0 aliphatic carbocycles.